The van der Waals surface area contributed by atoms with Gasteiger partial charge in [-0.1, -0.05) is 6.42 Å². The van der Waals surface area contributed by atoms with Crippen LogP contribution in [0.15, 0.2) is 0 Å². The summed E-state index contributed by atoms with van der Waals surface area (Å²) in [5.74, 6) is -0.578. The molecular formula is C16H25NO5. The molecule has 0 aromatic heterocycles. The van der Waals surface area contributed by atoms with Crippen molar-refractivity contribution in [3.8, 4) is 6.07 Å². The van der Waals surface area contributed by atoms with Gasteiger partial charge >= 0.3 is 5.97 Å². The van der Waals surface area contributed by atoms with E-state index >= 15 is 0 Å². The summed E-state index contributed by atoms with van der Waals surface area (Å²) in [7, 11) is 0. The average Bonchev–Trinajstić information content (AvgIpc) is 2.98. The standard InChI is InChI=1S/C8H11NO3.C8H14O2/c9-4-3-8(10)12-7-2-1-5-11-6-7;1-2-4-8(5-3-1)9-6-7-10-8/h7H,1-3,5-6H2;1-7H2. The average molecular weight is 311 g/mol. The van der Waals surface area contributed by atoms with Crippen LogP contribution in [-0.4, -0.2) is 44.3 Å². The number of hydrogen-bond donors (Lipinski definition) is 0. The highest BCUT2D eigenvalue weighted by atomic mass is 16.7. The van der Waals surface area contributed by atoms with Crippen LogP contribution in [0.3, 0.4) is 0 Å². The van der Waals surface area contributed by atoms with Crippen molar-refractivity contribution >= 4 is 5.97 Å². The molecule has 0 amide bonds. The van der Waals surface area contributed by atoms with Crippen molar-refractivity contribution in [2.75, 3.05) is 26.4 Å². The van der Waals surface area contributed by atoms with E-state index in [1.54, 1.807) is 6.07 Å². The Balaban J connectivity index is 0.000000162. The molecule has 1 aliphatic carbocycles. The molecule has 6 nitrogen and oxygen atoms in total. The zero-order valence-electron chi connectivity index (χ0n) is 13.1. The summed E-state index contributed by atoms with van der Waals surface area (Å²) >= 11 is 0. The van der Waals surface area contributed by atoms with Gasteiger partial charge in [0.2, 0.25) is 0 Å². The van der Waals surface area contributed by atoms with Gasteiger partial charge in [-0.3, -0.25) is 4.79 Å². The fourth-order valence-electron chi connectivity index (χ4n) is 2.97. The normalized spacial score (nSPS) is 26.6. The van der Waals surface area contributed by atoms with E-state index in [9.17, 15) is 4.79 Å². The SMILES string of the molecule is C1CCC2(CC1)OCCO2.N#CCC(=O)OC1CCCOC1. The topological polar surface area (TPSA) is 77.8 Å². The fraction of sp³-hybridized carbons (Fsp3) is 0.875. The highest BCUT2D eigenvalue weighted by molar-refractivity contribution is 5.71. The Bertz CT molecular complexity index is 372. The van der Waals surface area contributed by atoms with E-state index in [-0.39, 0.29) is 18.3 Å². The largest absolute Gasteiger partial charge is 0.459 e. The fourth-order valence-corrected chi connectivity index (χ4v) is 2.97. The summed E-state index contributed by atoms with van der Waals surface area (Å²) in [6, 6.07) is 1.74. The number of carbonyl (C=O) groups excluding carboxylic acids is 1. The molecule has 6 heteroatoms. The predicted molar refractivity (Wildman–Crippen MR) is 77.9 cm³/mol. The lowest BCUT2D eigenvalue weighted by molar-refractivity contribution is -0.176. The summed E-state index contributed by atoms with van der Waals surface area (Å²) in [5.41, 5.74) is 0. The Morgan fingerprint density at radius 3 is 2.45 bits per heavy atom. The van der Waals surface area contributed by atoms with Gasteiger partial charge in [0.05, 0.1) is 25.9 Å². The number of nitriles is 1. The number of nitrogens with zero attached hydrogens (tertiary/aromatic N) is 1. The lowest BCUT2D eigenvalue weighted by atomic mass is 9.94. The molecule has 1 atom stereocenters. The minimum Gasteiger partial charge on any atom is -0.459 e. The second-order valence-electron chi connectivity index (χ2n) is 5.83. The molecule has 1 saturated carbocycles. The van der Waals surface area contributed by atoms with Crippen LogP contribution in [0.25, 0.3) is 0 Å². The number of carbonyl (C=O) groups is 1. The van der Waals surface area contributed by atoms with Gasteiger partial charge in [0.25, 0.3) is 0 Å². The quantitative estimate of drug-likeness (QED) is 0.728. The Morgan fingerprint density at radius 2 is 1.86 bits per heavy atom. The van der Waals surface area contributed by atoms with Crippen molar-refractivity contribution in [2.45, 2.75) is 63.3 Å². The van der Waals surface area contributed by atoms with Crippen LogP contribution in [-0.2, 0) is 23.7 Å². The molecule has 0 aromatic carbocycles. The number of rotatable bonds is 2. The third kappa shape index (κ3) is 5.56. The molecule has 0 N–H and O–H groups in total. The van der Waals surface area contributed by atoms with Gasteiger partial charge in [-0.15, -0.1) is 0 Å². The number of ether oxygens (including phenoxy) is 4. The first kappa shape index (κ1) is 17.2. The maximum atomic E-state index is 10.8. The van der Waals surface area contributed by atoms with Crippen LogP contribution in [0.4, 0.5) is 0 Å². The van der Waals surface area contributed by atoms with Crippen LogP contribution >= 0.6 is 0 Å². The molecule has 22 heavy (non-hydrogen) atoms. The van der Waals surface area contributed by atoms with Crippen LogP contribution in [0.2, 0.25) is 0 Å². The second kappa shape index (κ2) is 9.09. The van der Waals surface area contributed by atoms with Gasteiger partial charge < -0.3 is 18.9 Å². The first-order valence-corrected chi connectivity index (χ1v) is 8.16. The van der Waals surface area contributed by atoms with Crippen molar-refractivity contribution in [1.29, 1.82) is 5.26 Å². The maximum Gasteiger partial charge on any atom is 0.320 e. The maximum absolute atomic E-state index is 10.8. The van der Waals surface area contributed by atoms with E-state index in [0.717, 1.165) is 45.5 Å². The predicted octanol–water partition coefficient (Wildman–Crippen LogP) is 2.32. The second-order valence-corrected chi connectivity index (χ2v) is 5.83. The lowest BCUT2D eigenvalue weighted by Crippen LogP contribution is -2.32. The molecule has 3 aliphatic rings. The van der Waals surface area contributed by atoms with E-state index < -0.39 is 5.97 Å². The van der Waals surface area contributed by atoms with E-state index in [2.05, 4.69) is 0 Å². The Hall–Kier alpha value is -1.16. The van der Waals surface area contributed by atoms with Crippen LogP contribution in [0, 0.1) is 11.3 Å². The first-order valence-electron chi connectivity index (χ1n) is 8.16. The zero-order chi connectivity index (χ0) is 15.7. The Labute approximate surface area is 131 Å². The van der Waals surface area contributed by atoms with Gasteiger partial charge in [0.1, 0.15) is 12.5 Å². The van der Waals surface area contributed by atoms with Crippen molar-refractivity contribution in [1.82, 2.24) is 0 Å². The van der Waals surface area contributed by atoms with Gasteiger partial charge in [0.15, 0.2) is 5.79 Å². The van der Waals surface area contributed by atoms with Crippen LogP contribution in [0.1, 0.15) is 51.4 Å². The highest BCUT2D eigenvalue weighted by Gasteiger charge is 2.37. The van der Waals surface area contributed by atoms with Crippen molar-refractivity contribution < 1.29 is 23.7 Å². The summed E-state index contributed by atoms with van der Waals surface area (Å²) < 4.78 is 21.2. The van der Waals surface area contributed by atoms with Crippen molar-refractivity contribution in [3.63, 3.8) is 0 Å². The molecule has 1 unspecified atom stereocenters. The number of hydrogen-bond acceptors (Lipinski definition) is 6. The van der Waals surface area contributed by atoms with E-state index in [0.29, 0.717) is 6.61 Å². The molecule has 2 aliphatic heterocycles. The van der Waals surface area contributed by atoms with E-state index in [1.807, 2.05) is 0 Å². The van der Waals surface area contributed by atoms with Crippen LogP contribution in [0.5, 0.6) is 0 Å². The lowest BCUT2D eigenvalue weighted by Gasteiger charge is -2.30. The van der Waals surface area contributed by atoms with Gasteiger partial charge in [-0.2, -0.15) is 5.26 Å². The number of esters is 1. The molecular weight excluding hydrogens is 286 g/mol. The minimum atomic E-state index is -0.451. The molecule has 124 valence electrons. The zero-order valence-corrected chi connectivity index (χ0v) is 13.1. The summed E-state index contributed by atoms with van der Waals surface area (Å²) in [6.45, 7) is 2.82. The summed E-state index contributed by atoms with van der Waals surface area (Å²) in [5, 5.41) is 8.18. The van der Waals surface area contributed by atoms with E-state index in [1.165, 1.54) is 19.3 Å². The van der Waals surface area contributed by atoms with Gasteiger partial charge in [-0.05, 0) is 25.7 Å². The Morgan fingerprint density at radius 1 is 1.14 bits per heavy atom. The minimum absolute atomic E-state index is 0.127. The molecule has 0 radical (unpaired) electrons. The highest BCUT2D eigenvalue weighted by Crippen LogP contribution is 2.35. The molecule has 0 bridgehead atoms. The van der Waals surface area contributed by atoms with Crippen molar-refractivity contribution in [2.24, 2.45) is 0 Å². The summed E-state index contributed by atoms with van der Waals surface area (Å²) in [4.78, 5) is 10.8. The Kier molecular flexibility index (Phi) is 7.10. The molecule has 2 saturated heterocycles. The van der Waals surface area contributed by atoms with Crippen molar-refractivity contribution in [3.05, 3.63) is 0 Å². The monoisotopic (exact) mass is 311 g/mol. The molecule has 1 spiro atoms. The molecule has 0 aromatic rings. The summed E-state index contributed by atoms with van der Waals surface area (Å²) in [6.07, 6.45) is 7.60. The molecule has 3 fully saturated rings. The first-order chi connectivity index (χ1) is 10.7. The smallest absolute Gasteiger partial charge is 0.320 e. The van der Waals surface area contributed by atoms with Crippen LogP contribution < -0.4 is 0 Å². The van der Waals surface area contributed by atoms with Gasteiger partial charge in [-0.25, -0.2) is 0 Å². The molecule has 2 heterocycles. The third-order valence-corrected chi connectivity index (χ3v) is 4.07. The molecule has 3 rings (SSSR count). The van der Waals surface area contributed by atoms with E-state index in [4.69, 9.17) is 24.2 Å². The third-order valence-electron chi connectivity index (χ3n) is 4.07. The van der Waals surface area contributed by atoms with Gasteiger partial charge in [0, 0.05) is 19.4 Å².